The second-order valence-corrected chi connectivity index (χ2v) is 6.07. The first-order valence-corrected chi connectivity index (χ1v) is 7.51. The van der Waals surface area contributed by atoms with E-state index in [2.05, 4.69) is 23.0 Å². The van der Waals surface area contributed by atoms with Crippen molar-refractivity contribution in [1.82, 2.24) is 9.88 Å². The summed E-state index contributed by atoms with van der Waals surface area (Å²) in [6.45, 7) is 1.59. The monoisotopic (exact) mass is 289 g/mol. The average Bonchev–Trinajstić information content (AvgIpc) is 3.28. The molecule has 3 rings (SSSR count). The van der Waals surface area contributed by atoms with Crippen LogP contribution in [0.15, 0.2) is 30.5 Å². The number of nitrogens with two attached hydrogens (primary N) is 1. The molecule has 1 unspecified atom stereocenters. The number of hydrogen-bond donors (Lipinski definition) is 1. The molecule has 2 N–H and O–H groups in total. The molecule has 0 saturated heterocycles. The fourth-order valence-corrected chi connectivity index (χ4v) is 3.14. The summed E-state index contributed by atoms with van der Waals surface area (Å²) in [6.07, 6.45) is 4.45. The van der Waals surface area contributed by atoms with Crippen molar-refractivity contribution < 1.29 is 0 Å². The van der Waals surface area contributed by atoms with E-state index < -0.39 is 0 Å². The van der Waals surface area contributed by atoms with Crippen LogP contribution in [0.2, 0.25) is 5.02 Å². The van der Waals surface area contributed by atoms with Crippen LogP contribution in [0.1, 0.15) is 18.4 Å². The highest BCUT2D eigenvalue weighted by atomic mass is 35.5. The van der Waals surface area contributed by atoms with Crippen molar-refractivity contribution in [3.8, 4) is 0 Å². The highest BCUT2D eigenvalue weighted by Crippen LogP contribution is 2.35. The Balaban J connectivity index is 1.88. The SMILES string of the molecule is CN(Cc1ccc(Cl)c2cccnc12)C(CN)C1CC1. The number of pyridine rings is 1. The first kappa shape index (κ1) is 13.8. The third-order valence-electron chi connectivity index (χ3n) is 4.19. The summed E-state index contributed by atoms with van der Waals surface area (Å²) in [5.74, 6) is 0.775. The molecule has 1 saturated carbocycles. The number of fused-ring (bicyclic) bond motifs is 1. The smallest absolute Gasteiger partial charge is 0.0761 e. The molecule has 20 heavy (non-hydrogen) atoms. The number of hydrogen-bond acceptors (Lipinski definition) is 3. The molecule has 1 aromatic carbocycles. The third kappa shape index (κ3) is 2.66. The number of halogens is 1. The van der Waals surface area contributed by atoms with E-state index in [1.807, 2.05) is 24.4 Å². The van der Waals surface area contributed by atoms with Gasteiger partial charge in [0, 0.05) is 35.7 Å². The van der Waals surface area contributed by atoms with E-state index in [1.54, 1.807) is 0 Å². The number of rotatable bonds is 5. The molecule has 1 aromatic heterocycles. The second-order valence-electron chi connectivity index (χ2n) is 5.66. The third-order valence-corrected chi connectivity index (χ3v) is 4.52. The zero-order chi connectivity index (χ0) is 14.1. The van der Waals surface area contributed by atoms with E-state index in [0.717, 1.165) is 34.9 Å². The zero-order valence-electron chi connectivity index (χ0n) is 11.7. The highest BCUT2D eigenvalue weighted by Gasteiger charge is 2.32. The van der Waals surface area contributed by atoms with Gasteiger partial charge in [0.25, 0.3) is 0 Å². The van der Waals surface area contributed by atoms with Gasteiger partial charge in [0.15, 0.2) is 0 Å². The number of aromatic nitrogens is 1. The van der Waals surface area contributed by atoms with Crippen LogP contribution in [0.25, 0.3) is 10.9 Å². The quantitative estimate of drug-likeness (QED) is 0.920. The first-order chi connectivity index (χ1) is 9.70. The first-order valence-electron chi connectivity index (χ1n) is 7.13. The van der Waals surface area contributed by atoms with E-state index in [4.69, 9.17) is 17.3 Å². The van der Waals surface area contributed by atoms with Crippen LogP contribution in [0, 0.1) is 5.92 Å². The number of benzene rings is 1. The minimum absolute atomic E-state index is 0.476. The summed E-state index contributed by atoms with van der Waals surface area (Å²) in [6, 6.07) is 8.46. The van der Waals surface area contributed by atoms with E-state index in [9.17, 15) is 0 Å². The van der Waals surface area contributed by atoms with E-state index in [0.29, 0.717) is 6.04 Å². The van der Waals surface area contributed by atoms with Crippen molar-refractivity contribution in [2.24, 2.45) is 11.7 Å². The standard InChI is InChI=1S/C16H20ClN3/c1-20(15(9-18)11-4-5-11)10-12-6-7-14(17)13-3-2-8-19-16(12)13/h2-3,6-8,11,15H,4-5,9-10,18H2,1H3. The van der Waals surface area contributed by atoms with E-state index in [-0.39, 0.29) is 0 Å². The van der Waals surface area contributed by atoms with Gasteiger partial charge in [-0.2, -0.15) is 0 Å². The Bertz CT molecular complexity index is 610. The van der Waals surface area contributed by atoms with Crippen molar-refractivity contribution in [2.75, 3.05) is 13.6 Å². The van der Waals surface area contributed by atoms with Gasteiger partial charge in [-0.3, -0.25) is 9.88 Å². The summed E-state index contributed by atoms with van der Waals surface area (Å²) in [4.78, 5) is 6.85. The minimum Gasteiger partial charge on any atom is -0.329 e. The molecule has 1 fully saturated rings. The van der Waals surface area contributed by atoms with Crippen molar-refractivity contribution in [3.63, 3.8) is 0 Å². The van der Waals surface area contributed by atoms with Gasteiger partial charge in [-0.15, -0.1) is 0 Å². The topological polar surface area (TPSA) is 42.2 Å². The normalized spacial score (nSPS) is 16.8. The van der Waals surface area contributed by atoms with E-state index >= 15 is 0 Å². The van der Waals surface area contributed by atoms with Crippen LogP contribution in [-0.4, -0.2) is 29.5 Å². The summed E-state index contributed by atoms with van der Waals surface area (Å²) in [7, 11) is 2.15. The van der Waals surface area contributed by atoms with Crippen LogP contribution >= 0.6 is 11.6 Å². The molecule has 4 heteroatoms. The van der Waals surface area contributed by atoms with Gasteiger partial charge in [-0.05, 0) is 49.6 Å². The lowest BCUT2D eigenvalue weighted by Gasteiger charge is -2.27. The van der Waals surface area contributed by atoms with E-state index in [1.165, 1.54) is 18.4 Å². The van der Waals surface area contributed by atoms with Gasteiger partial charge in [0.05, 0.1) is 5.52 Å². The Labute approximate surface area is 124 Å². The molecular formula is C16H20ClN3. The molecule has 3 nitrogen and oxygen atoms in total. The summed E-state index contributed by atoms with van der Waals surface area (Å²) in [5, 5.41) is 1.79. The molecule has 1 heterocycles. The fraction of sp³-hybridized carbons (Fsp3) is 0.438. The summed E-state index contributed by atoms with van der Waals surface area (Å²) in [5.41, 5.74) is 8.14. The maximum atomic E-state index is 6.24. The van der Waals surface area contributed by atoms with Gasteiger partial charge in [-0.25, -0.2) is 0 Å². The van der Waals surface area contributed by atoms with Crippen LogP contribution in [0.5, 0.6) is 0 Å². The Morgan fingerprint density at radius 1 is 1.40 bits per heavy atom. The molecule has 1 aliphatic rings. The Morgan fingerprint density at radius 3 is 2.90 bits per heavy atom. The molecule has 0 aliphatic heterocycles. The highest BCUT2D eigenvalue weighted by molar-refractivity contribution is 6.35. The van der Waals surface area contributed by atoms with Crippen LogP contribution in [-0.2, 0) is 6.54 Å². The lowest BCUT2D eigenvalue weighted by Crippen LogP contribution is -2.39. The molecule has 106 valence electrons. The van der Waals surface area contributed by atoms with Crippen LogP contribution in [0.4, 0.5) is 0 Å². The van der Waals surface area contributed by atoms with Crippen LogP contribution in [0.3, 0.4) is 0 Å². The zero-order valence-corrected chi connectivity index (χ0v) is 12.5. The fourth-order valence-electron chi connectivity index (χ4n) is 2.92. The number of likely N-dealkylation sites (N-methyl/N-ethyl adjacent to an activating group) is 1. The maximum Gasteiger partial charge on any atom is 0.0761 e. The Morgan fingerprint density at radius 2 is 2.20 bits per heavy atom. The summed E-state index contributed by atoms with van der Waals surface area (Å²) < 4.78 is 0. The van der Waals surface area contributed by atoms with Gasteiger partial charge in [0.2, 0.25) is 0 Å². The molecule has 1 atom stereocenters. The van der Waals surface area contributed by atoms with Crippen molar-refractivity contribution in [2.45, 2.75) is 25.4 Å². The van der Waals surface area contributed by atoms with Gasteiger partial charge >= 0.3 is 0 Å². The van der Waals surface area contributed by atoms with Crippen LogP contribution < -0.4 is 5.73 Å². The molecule has 2 aromatic rings. The predicted octanol–water partition coefficient (Wildman–Crippen LogP) is 3.06. The Kier molecular flexibility index (Phi) is 3.92. The Hall–Kier alpha value is -1.16. The minimum atomic E-state index is 0.476. The predicted molar refractivity (Wildman–Crippen MR) is 83.8 cm³/mol. The van der Waals surface area contributed by atoms with Gasteiger partial charge in [-0.1, -0.05) is 17.7 Å². The number of nitrogens with zero attached hydrogens (tertiary/aromatic N) is 2. The van der Waals surface area contributed by atoms with Crippen molar-refractivity contribution >= 4 is 22.5 Å². The summed E-state index contributed by atoms with van der Waals surface area (Å²) >= 11 is 6.24. The average molecular weight is 290 g/mol. The molecule has 0 radical (unpaired) electrons. The molecular weight excluding hydrogens is 270 g/mol. The maximum absolute atomic E-state index is 6.24. The van der Waals surface area contributed by atoms with Crippen molar-refractivity contribution in [1.29, 1.82) is 0 Å². The van der Waals surface area contributed by atoms with Gasteiger partial charge in [0.1, 0.15) is 0 Å². The lowest BCUT2D eigenvalue weighted by molar-refractivity contribution is 0.216. The van der Waals surface area contributed by atoms with Gasteiger partial charge < -0.3 is 5.73 Å². The lowest BCUT2D eigenvalue weighted by atomic mass is 10.1. The largest absolute Gasteiger partial charge is 0.329 e. The second kappa shape index (κ2) is 5.68. The molecule has 1 aliphatic carbocycles. The van der Waals surface area contributed by atoms with Crippen molar-refractivity contribution in [3.05, 3.63) is 41.0 Å². The molecule has 0 spiro atoms. The molecule has 0 amide bonds. The molecule has 0 bridgehead atoms.